The fourth-order valence-electron chi connectivity index (χ4n) is 3.14. The SMILES string of the molecule is Cl.NC1CCC(C(=O)Nc2ccc(N3CCCC3=O)cc2)C1. The van der Waals surface area contributed by atoms with E-state index in [1.807, 2.05) is 24.3 Å². The van der Waals surface area contributed by atoms with Crippen LogP contribution < -0.4 is 16.0 Å². The molecule has 1 saturated heterocycles. The maximum Gasteiger partial charge on any atom is 0.227 e. The normalized spacial score (nSPS) is 24.2. The molecule has 1 aliphatic heterocycles. The Balaban J connectivity index is 0.00000176. The van der Waals surface area contributed by atoms with Gasteiger partial charge in [-0.15, -0.1) is 12.4 Å². The van der Waals surface area contributed by atoms with Gasteiger partial charge in [-0.25, -0.2) is 0 Å². The number of nitrogens with one attached hydrogen (secondary N) is 1. The summed E-state index contributed by atoms with van der Waals surface area (Å²) in [7, 11) is 0. The summed E-state index contributed by atoms with van der Waals surface area (Å²) in [5.74, 6) is 0.250. The number of nitrogens with zero attached hydrogens (tertiary/aromatic N) is 1. The van der Waals surface area contributed by atoms with Crippen LogP contribution in [0.2, 0.25) is 0 Å². The van der Waals surface area contributed by atoms with Crippen LogP contribution in [-0.4, -0.2) is 24.4 Å². The standard InChI is InChI=1S/C16H21N3O2.ClH/c17-12-4-3-11(10-12)16(21)18-13-5-7-14(8-6-13)19-9-1-2-15(19)20;/h5-8,11-12H,1-4,9-10,17H2,(H,18,21);1H. The summed E-state index contributed by atoms with van der Waals surface area (Å²) in [5, 5.41) is 2.94. The van der Waals surface area contributed by atoms with E-state index in [0.717, 1.165) is 43.6 Å². The minimum atomic E-state index is 0. The van der Waals surface area contributed by atoms with Gasteiger partial charge in [-0.3, -0.25) is 9.59 Å². The summed E-state index contributed by atoms with van der Waals surface area (Å²) in [5.41, 5.74) is 7.52. The smallest absolute Gasteiger partial charge is 0.227 e. The van der Waals surface area contributed by atoms with Crippen molar-refractivity contribution in [2.45, 2.75) is 38.1 Å². The van der Waals surface area contributed by atoms with Crippen molar-refractivity contribution in [2.75, 3.05) is 16.8 Å². The summed E-state index contributed by atoms with van der Waals surface area (Å²) < 4.78 is 0. The van der Waals surface area contributed by atoms with Crippen LogP contribution in [0.15, 0.2) is 24.3 Å². The lowest BCUT2D eigenvalue weighted by atomic mass is 10.1. The lowest BCUT2D eigenvalue weighted by Crippen LogP contribution is -2.24. The Morgan fingerprint density at radius 2 is 1.95 bits per heavy atom. The molecule has 0 bridgehead atoms. The molecule has 0 aromatic heterocycles. The van der Waals surface area contributed by atoms with Gasteiger partial charge in [-0.2, -0.15) is 0 Å². The zero-order chi connectivity index (χ0) is 14.8. The number of carbonyl (C=O) groups is 2. The summed E-state index contributed by atoms with van der Waals surface area (Å²) >= 11 is 0. The van der Waals surface area contributed by atoms with E-state index >= 15 is 0 Å². The first-order valence-electron chi connectivity index (χ1n) is 7.60. The van der Waals surface area contributed by atoms with Crippen LogP contribution in [0.5, 0.6) is 0 Å². The van der Waals surface area contributed by atoms with Crippen LogP contribution in [0.25, 0.3) is 0 Å². The molecule has 1 heterocycles. The first-order valence-corrected chi connectivity index (χ1v) is 7.60. The molecule has 0 radical (unpaired) electrons. The predicted octanol–water partition coefficient (Wildman–Crippen LogP) is 2.30. The highest BCUT2D eigenvalue weighted by atomic mass is 35.5. The molecular weight excluding hydrogens is 302 g/mol. The second kappa shape index (κ2) is 7.11. The molecule has 5 nitrogen and oxygen atoms in total. The van der Waals surface area contributed by atoms with Crippen molar-refractivity contribution >= 4 is 35.6 Å². The summed E-state index contributed by atoms with van der Waals surface area (Å²) in [4.78, 5) is 25.6. The van der Waals surface area contributed by atoms with Crippen LogP contribution >= 0.6 is 12.4 Å². The van der Waals surface area contributed by atoms with Crippen molar-refractivity contribution in [1.29, 1.82) is 0 Å². The van der Waals surface area contributed by atoms with E-state index in [-0.39, 0.29) is 36.2 Å². The molecule has 1 aliphatic carbocycles. The van der Waals surface area contributed by atoms with Crippen LogP contribution in [0, 0.1) is 5.92 Å². The molecule has 2 unspecified atom stereocenters. The molecule has 120 valence electrons. The molecule has 1 aromatic carbocycles. The average molecular weight is 324 g/mol. The Bertz CT molecular complexity index is 547. The average Bonchev–Trinajstić information content (AvgIpc) is 3.08. The molecule has 1 aromatic rings. The number of hydrogen-bond donors (Lipinski definition) is 2. The topological polar surface area (TPSA) is 75.4 Å². The first kappa shape index (κ1) is 16.8. The van der Waals surface area contributed by atoms with Crippen LogP contribution in [0.4, 0.5) is 11.4 Å². The van der Waals surface area contributed by atoms with Gasteiger partial charge in [-0.05, 0) is 49.9 Å². The summed E-state index contributed by atoms with van der Waals surface area (Å²) in [6.07, 6.45) is 4.10. The van der Waals surface area contributed by atoms with E-state index in [0.29, 0.717) is 6.42 Å². The van der Waals surface area contributed by atoms with E-state index in [9.17, 15) is 9.59 Å². The fraction of sp³-hybridized carbons (Fsp3) is 0.500. The van der Waals surface area contributed by atoms with Crippen molar-refractivity contribution in [1.82, 2.24) is 0 Å². The van der Waals surface area contributed by atoms with E-state index in [1.54, 1.807) is 4.90 Å². The zero-order valence-electron chi connectivity index (χ0n) is 12.5. The van der Waals surface area contributed by atoms with Gasteiger partial charge in [0.2, 0.25) is 11.8 Å². The largest absolute Gasteiger partial charge is 0.328 e. The highest BCUT2D eigenvalue weighted by Crippen LogP contribution is 2.27. The molecule has 2 aliphatic rings. The van der Waals surface area contributed by atoms with E-state index in [2.05, 4.69) is 5.32 Å². The van der Waals surface area contributed by atoms with Crippen LogP contribution in [0.3, 0.4) is 0 Å². The third kappa shape index (κ3) is 3.59. The molecule has 6 heteroatoms. The van der Waals surface area contributed by atoms with Crippen molar-refractivity contribution in [3.63, 3.8) is 0 Å². The number of halogens is 1. The minimum absolute atomic E-state index is 0. The van der Waals surface area contributed by atoms with Gasteiger partial charge < -0.3 is 16.0 Å². The van der Waals surface area contributed by atoms with E-state index in [4.69, 9.17) is 5.73 Å². The van der Waals surface area contributed by atoms with Gasteiger partial charge in [0, 0.05) is 36.3 Å². The number of amides is 2. The molecule has 2 fully saturated rings. The predicted molar refractivity (Wildman–Crippen MR) is 89.2 cm³/mol. The summed E-state index contributed by atoms with van der Waals surface area (Å²) in [6, 6.07) is 7.64. The monoisotopic (exact) mass is 323 g/mol. The number of anilines is 2. The van der Waals surface area contributed by atoms with Gasteiger partial charge in [0.05, 0.1) is 0 Å². The van der Waals surface area contributed by atoms with Crippen molar-refractivity contribution in [3.8, 4) is 0 Å². The van der Waals surface area contributed by atoms with Crippen molar-refractivity contribution in [2.24, 2.45) is 11.7 Å². The third-order valence-corrected chi connectivity index (χ3v) is 4.36. The number of nitrogens with two attached hydrogens (primary N) is 1. The maximum absolute atomic E-state index is 12.1. The third-order valence-electron chi connectivity index (χ3n) is 4.36. The van der Waals surface area contributed by atoms with Crippen molar-refractivity contribution in [3.05, 3.63) is 24.3 Å². The zero-order valence-corrected chi connectivity index (χ0v) is 13.3. The molecule has 22 heavy (non-hydrogen) atoms. The molecule has 3 N–H and O–H groups in total. The Morgan fingerprint density at radius 3 is 2.50 bits per heavy atom. The lowest BCUT2D eigenvalue weighted by molar-refractivity contribution is -0.119. The first-order chi connectivity index (χ1) is 10.1. The Kier molecular flexibility index (Phi) is 5.42. The van der Waals surface area contributed by atoms with Crippen LogP contribution in [-0.2, 0) is 9.59 Å². The highest BCUT2D eigenvalue weighted by molar-refractivity contribution is 5.96. The number of benzene rings is 1. The lowest BCUT2D eigenvalue weighted by Gasteiger charge is -2.16. The fourth-order valence-corrected chi connectivity index (χ4v) is 3.14. The molecule has 2 amide bonds. The Labute approximate surface area is 136 Å². The Morgan fingerprint density at radius 1 is 1.23 bits per heavy atom. The van der Waals surface area contributed by atoms with Gasteiger partial charge in [0.1, 0.15) is 0 Å². The molecule has 2 atom stereocenters. The second-order valence-electron chi connectivity index (χ2n) is 5.96. The van der Waals surface area contributed by atoms with Crippen LogP contribution in [0.1, 0.15) is 32.1 Å². The minimum Gasteiger partial charge on any atom is -0.328 e. The van der Waals surface area contributed by atoms with Crippen molar-refractivity contribution < 1.29 is 9.59 Å². The quantitative estimate of drug-likeness (QED) is 0.896. The Hall–Kier alpha value is -1.59. The molecule has 0 spiro atoms. The number of hydrogen-bond acceptors (Lipinski definition) is 3. The molecule has 1 saturated carbocycles. The second-order valence-corrected chi connectivity index (χ2v) is 5.96. The maximum atomic E-state index is 12.1. The van der Waals surface area contributed by atoms with Gasteiger partial charge in [0.25, 0.3) is 0 Å². The van der Waals surface area contributed by atoms with Gasteiger partial charge >= 0.3 is 0 Å². The number of carbonyl (C=O) groups excluding carboxylic acids is 2. The van der Waals surface area contributed by atoms with E-state index in [1.165, 1.54) is 0 Å². The molecule has 3 rings (SSSR count). The molecular formula is C16H22ClN3O2. The van der Waals surface area contributed by atoms with Gasteiger partial charge in [0.15, 0.2) is 0 Å². The van der Waals surface area contributed by atoms with Gasteiger partial charge in [-0.1, -0.05) is 0 Å². The van der Waals surface area contributed by atoms with E-state index < -0.39 is 0 Å². The number of rotatable bonds is 3. The highest BCUT2D eigenvalue weighted by Gasteiger charge is 2.27. The summed E-state index contributed by atoms with van der Waals surface area (Å²) in [6.45, 7) is 0.782.